The van der Waals surface area contributed by atoms with Crippen LogP contribution < -0.4 is 5.32 Å². The number of benzene rings is 1. The Morgan fingerprint density at radius 2 is 2.11 bits per heavy atom. The van der Waals surface area contributed by atoms with Crippen molar-refractivity contribution in [1.29, 1.82) is 0 Å². The van der Waals surface area contributed by atoms with E-state index in [1.54, 1.807) is 0 Å². The molecule has 0 aliphatic heterocycles. The van der Waals surface area contributed by atoms with Crippen molar-refractivity contribution in [3.05, 3.63) is 54.1 Å². The normalized spacial score (nSPS) is 16.5. The molecule has 1 fully saturated rings. The van der Waals surface area contributed by atoms with Crippen LogP contribution in [0.5, 0.6) is 0 Å². The molecule has 0 radical (unpaired) electrons. The first kappa shape index (κ1) is 12.4. The lowest BCUT2D eigenvalue weighted by molar-refractivity contribution is 0.510. The molecule has 1 heterocycles. The zero-order valence-electron chi connectivity index (χ0n) is 11.4. The molecule has 1 aromatic carbocycles. The summed E-state index contributed by atoms with van der Waals surface area (Å²) >= 11 is 0. The van der Waals surface area contributed by atoms with Crippen molar-refractivity contribution >= 4 is 0 Å². The third-order valence-corrected chi connectivity index (χ3v) is 3.74. The molecule has 0 spiro atoms. The fraction of sp³-hybridized carbons (Fsp3) is 0.438. The summed E-state index contributed by atoms with van der Waals surface area (Å²) in [5.41, 5.74) is 2.67. The summed E-state index contributed by atoms with van der Waals surface area (Å²) in [5.74, 6) is 0. The maximum absolute atomic E-state index is 4.31. The number of aromatic nitrogens is 2. The highest BCUT2D eigenvalue weighted by molar-refractivity contribution is 5.16. The van der Waals surface area contributed by atoms with Crippen LogP contribution in [0.3, 0.4) is 0 Å². The van der Waals surface area contributed by atoms with E-state index in [2.05, 4.69) is 52.1 Å². The minimum atomic E-state index is 0.445. The number of nitrogens with zero attached hydrogens (tertiary/aromatic N) is 2. The van der Waals surface area contributed by atoms with Gasteiger partial charge in [0.2, 0.25) is 0 Å². The monoisotopic (exact) mass is 255 g/mol. The van der Waals surface area contributed by atoms with E-state index >= 15 is 0 Å². The number of hydrogen-bond acceptors (Lipinski definition) is 2. The molecule has 3 nitrogen and oxygen atoms in total. The molecule has 1 N–H and O–H groups in total. The van der Waals surface area contributed by atoms with E-state index in [0.717, 1.165) is 19.0 Å². The Morgan fingerprint density at radius 1 is 1.32 bits per heavy atom. The molecule has 0 amide bonds. The van der Waals surface area contributed by atoms with Crippen molar-refractivity contribution < 1.29 is 0 Å². The fourth-order valence-corrected chi connectivity index (χ4v) is 2.46. The lowest BCUT2D eigenvalue weighted by Gasteiger charge is -2.17. The Balaban J connectivity index is 1.65. The van der Waals surface area contributed by atoms with Crippen LogP contribution in [0.25, 0.3) is 0 Å². The highest BCUT2D eigenvalue weighted by Gasteiger charge is 2.21. The van der Waals surface area contributed by atoms with Gasteiger partial charge in [-0.05, 0) is 31.7 Å². The third-order valence-electron chi connectivity index (χ3n) is 3.74. The van der Waals surface area contributed by atoms with Crippen molar-refractivity contribution in [3.63, 3.8) is 0 Å². The molecule has 1 aliphatic carbocycles. The first-order chi connectivity index (χ1) is 9.33. The van der Waals surface area contributed by atoms with Crippen LogP contribution in [-0.4, -0.2) is 15.6 Å². The Morgan fingerprint density at radius 3 is 2.84 bits per heavy atom. The van der Waals surface area contributed by atoms with Crippen LogP contribution in [0.2, 0.25) is 0 Å². The van der Waals surface area contributed by atoms with Gasteiger partial charge in [0.15, 0.2) is 0 Å². The second kappa shape index (κ2) is 5.57. The van der Waals surface area contributed by atoms with E-state index in [4.69, 9.17) is 0 Å². The number of nitrogens with one attached hydrogen (secondary N) is 1. The Hall–Kier alpha value is -1.61. The summed E-state index contributed by atoms with van der Waals surface area (Å²) in [6.07, 6.45) is 7.64. The zero-order valence-corrected chi connectivity index (χ0v) is 11.4. The van der Waals surface area contributed by atoms with E-state index < -0.39 is 0 Å². The van der Waals surface area contributed by atoms with Gasteiger partial charge < -0.3 is 9.88 Å². The first-order valence-electron chi connectivity index (χ1n) is 7.11. The van der Waals surface area contributed by atoms with Crippen LogP contribution in [0.15, 0.2) is 42.9 Å². The fourth-order valence-electron chi connectivity index (χ4n) is 2.46. The van der Waals surface area contributed by atoms with E-state index in [1.165, 1.54) is 24.1 Å². The lowest BCUT2D eigenvalue weighted by Crippen LogP contribution is -2.19. The largest absolute Gasteiger partial charge is 0.330 e. The maximum atomic E-state index is 4.31. The quantitative estimate of drug-likeness (QED) is 0.860. The molecule has 2 aromatic rings. The molecular weight excluding hydrogens is 234 g/mol. The van der Waals surface area contributed by atoms with Gasteiger partial charge in [0.1, 0.15) is 0 Å². The van der Waals surface area contributed by atoms with Crippen LogP contribution >= 0.6 is 0 Å². The van der Waals surface area contributed by atoms with Gasteiger partial charge in [0, 0.05) is 24.8 Å². The van der Waals surface area contributed by atoms with Crippen LogP contribution in [0.1, 0.15) is 37.1 Å². The molecule has 0 bridgehead atoms. The summed E-state index contributed by atoms with van der Waals surface area (Å²) in [4.78, 5) is 4.31. The van der Waals surface area contributed by atoms with Gasteiger partial charge in [-0.3, -0.25) is 0 Å². The van der Waals surface area contributed by atoms with Crippen LogP contribution in [0, 0.1) is 0 Å². The van der Waals surface area contributed by atoms with E-state index in [9.17, 15) is 0 Å². The molecule has 1 aliphatic rings. The molecular formula is C16H21N3. The van der Waals surface area contributed by atoms with Gasteiger partial charge in [-0.1, -0.05) is 30.3 Å². The van der Waals surface area contributed by atoms with Gasteiger partial charge in [-0.25, -0.2) is 4.98 Å². The van der Waals surface area contributed by atoms with Crippen molar-refractivity contribution in [1.82, 2.24) is 14.9 Å². The van der Waals surface area contributed by atoms with Gasteiger partial charge in [-0.15, -0.1) is 0 Å². The van der Waals surface area contributed by atoms with Crippen molar-refractivity contribution in [2.24, 2.45) is 0 Å². The minimum Gasteiger partial charge on any atom is -0.330 e. The number of imidazole rings is 1. The summed E-state index contributed by atoms with van der Waals surface area (Å²) in [5, 5.41) is 3.56. The molecule has 1 saturated carbocycles. The average Bonchev–Trinajstić information content (AvgIpc) is 3.14. The average molecular weight is 255 g/mol. The van der Waals surface area contributed by atoms with E-state index in [-0.39, 0.29) is 0 Å². The van der Waals surface area contributed by atoms with Gasteiger partial charge in [0.25, 0.3) is 0 Å². The highest BCUT2D eigenvalue weighted by Crippen LogP contribution is 2.20. The van der Waals surface area contributed by atoms with Crippen LogP contribution in [-0.2, 0) is 13.0 Å². The summed E-state index contributed by atoms with van der Waals surface area (Å²) in [7, 11) is 0. The summed E-state index contributed by atoms with van der Waals surface area (Å²) < 4.78 is 2.29. The number of hydrogen-bond donors (Lipinski definition) is 1. The lowest BCUT2D eigenvalue weighted by atomic mass is 10.1. The summed E-state index contributed by atoms with van der Waals surface area (Å²) in [6.45, 7) is 3.19. The second-order valence-electron chi connectivity index (χ2n) is 5.49. The van der Waals surface area contributed by atoms with E-state index in [0.29, 0.717) is 6.04 Å². The highest BCUT2D eigenvalue weighted by atomic mass is 15.1. The number of rotatable bonds is 6. The van der Waals surface area contributed by atoms with Crippen molar-refractivity contribution in [2.75, 3.05) is 0 Å². The topological polar surface area (TPSA) is 29.9 Å². The predicted molar refractivity (Wildman–Crippen MR) is 76.9 cm³/mol. The Bertz CT molecular complexity index is 514. The minimum absolute atomic E-state index is 0.445. The first-order valence-corrected chi connectivity index (χ1v) is 7.11. The third kappa shape index (κ3) is 3.24. The van der Waals surface area contributed by atoms with Gasteiger partial charge in [-0.2, -0.15) is 0 Å². The standard InChI is InChI=1S/C16H21N3/c1-13(9-14-5-3-2-4-6-14)19-12-17-10-16(19)11-18-15-7-8-15/h2-6,10,12-13,15,18H,7-9,11H2,1H3. The van der Waals surface area contributed by atoms with Gasteiger partial charge >= 0.3 is 0 Å². The Labute approximate surface area is 114 Å². The predicted octanol–water partition coefficient (Wildman–Crippen LogP) is 2.94. The van der Waals surface area contributed by atoms with Crippen molar-refractivity contribution in [3.8, 4) is 0 Å². The van der Waals surface area contributed by atoms with Gasteiger partial charge in [0.05, 0.1) is 12.0 Å². The van der Waals surface area contributed by atoms with Crippen molar-refractivity contribution in [2.45, 2.75) is 44.8 Å². The van der Waals surface area contributed by atoms with Crippen LogP contribution in [0.4, 0.5) is 0 Å². The molecule has 1 atom stereocenters. The maximum Gasteiger partial charge on any atom is 0.0951 e. The molecule has 100 valence electrons. The molecule has 3 heteroatoms. The second-order valence-corrected chi connectivity index (χ2v) is 5.49. The molecule has 1 aromatic heterocycles. The molecule has 19 heavy (non-hydrogen) atoms. The molecule has 3 rings (SSSR count). The zero-order chi connectivity index (χ0) is 13.1. The Kier molecular flexibility index (Phi) is 3.65. The summed E-state index contributed by atoms with van der Waals surface area (Å²) in [6, 6.07) is 11.8. The van der Waals surface area contributed by atoms with E-state index in [1.807, 2.05) is 12.5 Å². The SMILES string of the molecule is CC(Cc1ccccc1)n1cncc1CNC1CC1. The molecule has 1 unspecified atom stereocenters. The smallest absolute Gasteiger partial charge is 0.0951 e. The molecule has 0 saturated heterocycles.